The number of nitrogens with one attached hydrogen (secondary N) is 1. The van der Waals surface area contributed by atoms with Crippen LogP contribution < -0.4 is 10.1 Å². The van der Waals surface area contributed by atoms with Gasteiger partial charge in [-0.25, -0.2) is 4.98 Å². The number of rotatable bonds is 5. The number of fused-ring (bicyclic) bond motifs is 1. The van der Waals surface area contributed by atoms with Crippen LogP contribution in [0.5, 0.6) is 5.75 Å². The van der Waals surface area contributed by atoms with E-state index in [-0.39, 0.29) is 19.1 Å². The van der Waals surface area contributed by atoms with Crippen molar-refractivity contribution in [1.82, 2.24) is 9.55 Å². The lowest BCUT2D eigenvalue weighted by Crippen LogP contribution is -2.20. The van der Waals surface area contributed by atoms with E-state index in [1.807, 2.05) is 24.3 Å². The first-order chi connectivity index (χ1) is 11.6. The fraction of sp³-hybridized carbons (Fsp3) is 0.176. The summed E-state index contributed by atoms with van der Waals surface area (Å²) in [6, 6.07) is 12.4. The molecule has 1 heterocycles. The van der Waals surface area contributed by atoms with Crippen LogP contribution in [0.2, 0.25) is 5.02 Å². The van der Waals surface area contributed by atoms with Gasteiger partial charge in [0.2, 0.25) is 5.91 Å². The van der Waals surface area contributed by atoms with Crippen molar-refractivity contribution >= 4 is 34.2 Å². The van der Waals surface area contributed by atoms with Crippen molar-refractivity contribution < 1.29 is 14.6 Å². The predicted octanol–water partition coefficient (Wildman–Crippen LogP) is 2.83. The number of halogens is 1. The number of aliphatic hydroxyl groups excluding tert-OH is 1. The van der Waals surface area contributed by atoms with Crippen molar-refractivity contribution in [2.45, 2.75) is 13.2 Å². The van der Waals surface area contributed by atoms with Crippen molar-refractivity contribution in [1.29, 1.82) is 0 Å². The summed E-state index contributed by atoms with van der Waals surface area (Å²) < 4.78 is 6.77. The molecule has 7 heteroatoms. The molecule has 0 aliphatic heterocycles. The van der Waals surface area contributed by atoms with E-state index in [0.717, 1.165) is 11.0 Å². The monoisotopic (exact) mass is 345 g/mol. The summed E-state index contributed by atoms with van der Waals surface area (Å²) in [6.45, 7) is -0.198. The Kier molecular flexibility index (Phi) is 4.69. The fourth-order valence-corrected chi connectivity index (χ4v) is 2.77. The third kappa shape index (κ3) is 3.20. The van der Waals surface area contributed by atoms with Crippen LogP contribution in [0.4, 0.5) is 5.69 Å². The summed E-state index contributed by atoms with van der Waals surface area (Å²) in [5, 5.41) is 12.7. The number of benzene rings is 2. The average molecular weight is 346 g/mol. The van der Waals surface area contributed by atoms with Gasteiger partial charge in [-0.15, -0.1) is 0 Å². The molecule has 1 aromatic heterocycles. The molecule has 0 bridgehead atoms. The smallest absolute Gasteiger partial charge is 0.244 e. The minimum Gasteiger partial charge on any atom is -0.495 e. The molecule has 24 heavy (non-hydrogen) atoms. The van der Waals surface area contributed by atoms with E-state index in [4.69, 9.17) is 16.3 Å². The Morgan fingerprint density at radius 3 is 2.83 bits per heavy atom. The van der Waals surface area contributed by atoms with Gasteiger partial charge in [-0.3, -0.25) is 4.79 Å². The Balaban J connectivity index is 1.81. The van der Waals surface area contributed by atoms with Crippen molar-refractivity contribution in [3.63, 3.8) is 0 Å². The van der Waals surface area contributed by atoms with Gasteiger partial charge in [-0.2, -0.15) is 0 Å². The second-order valence-corrected chi connectivity index (χ2v) is 5.57. The van der Waals surface area contributed by atoms with Gasteiger partial charge in [0.25, 0.3) is 0 Å². The number of aliphatic hydroxyl groups is 1. The Labute approximate surface area is 143 Å². The predicted molar refractivity (Wildman–Crippen MR) is 92.3 cm³/mol. The first-order valence-corrected chi connectivity index (χ1v) is 7.68. The van der Waals surface area contributed by atoms with Gasteiger partial charge < -0.3 is 19.7 Å². The molecule has 124 valence electrons. The van der Waals surface area contributed by atoms with Crippen LogP contribution in [0.3, 0.4) is 0 Å². The lowest BCUT2D eigenvalue weighted by atomic mass is 10.3. The highest BCUT2D eigenvalue weighted by molar-refractivity contribution is 6.32. The molecule has 0 unspecified atom stereocenters. The molecule has 0 saturated carbocycles. The lowest BCUT2D eigenvalue weighted by molar-refractivity contribution is -0.116. The highest BCUT2D eigenvalue weighted by atomic mass is 35.5. The normalized spacial score (nSPS) is 10.8. The first kappa shape index (κ1) is 16.3. The summed E-state index contributed by atoms with van der Waals surface area (Å²) >= 11 is 6.06. The van der Waals surface area contributed by atoms with E-state index in [2.05, 4.69) is 10.3 Å². The summed E-state index contributed by atoms with van der Waals surface area (Å²) in [7, 11) is 1.53. The van der Waals surface area contributed by atoms with Crippen molar-refractivity contribution in [3.05, 3.63) is 53.3 Å². The quantitative estimate of drug-likeness (QED) is 0.745. The number of ether oxygens (including phenoxy) is 1. The van der Waals surface area contributed by atoms with Crippen LogP contribution in [0, 0.1) is 0 Å². The number of amides is 1. The van der Waals surface area contributed by atoms with Gasteiger partial charge in [0.1, 0.15) is 24.7 Å². The van der Waals surface area contributed by atoms with E-state index in [1.54, 1.807) is 22.8 Å². The van der Waals surface area contributed by atoms with Gasteiger partial charge in [0.05, 0.1) is 23.2 Å². The molecule has 0 spiro atoms. The maximum atomic E-state index is 12.3. The summed E-state index contributed by atoms with van der Waals surface area (Å²) in [5.74, 6) is 0.742. The molecule has 0 aliphatic carbocycles. The third-order valence-electron chi connectivity index (χ3n) is 3.61. The zero-order valence-electron chi connectivity index (χ0n) is 13.0. The summed E-state index contributed by atoms with van der Waals surface area (Å²) in [6.07, 6.45) is 0. The topological polar surface area (TPSA) is 76.4 Å². The number of hydrogen-bond acceptors (Lipinski definition) is 4. The molecule has 2 N–H and O–H groups in total. The zero-order chi connectivity index (χ0) is 17.1. The van der Waals surface area contributed by atoms with Gasteiger partial charge in [0.15, 0.2) is 0 Å². The molecule has 3 aromatic rings. The molecule has 0 radical (unpaired) electrons. The maximum Gasteiger partial charge on any atom is 0.244 e. The molecular weight excluding hydrogens is 330 g/mol. The fourth-order valence-electron chi connectivity index (χ4n) is 2.51. The highest BCUT2D eigenvalue weighted by Gasteiger charge is 2.13. The van der Waals surface area contributed by atoms with Crippen LogP contribution in [-0.2, 0) is 17.9 Å². The number of para-hydroxylation sites is 2. The number of nitrogens with zero attached hydrogens (tertiary/aromatic N) is 2. The van der Waals surface area contributed by atoms with Crippen LogP contribution in [0.1, 0.15) is 5.82 Å². The standard InChI is InChI=1S/C17H16ClN3O3/c1-24-15-7-6-11(8-12(15)18)19-17(23)9-21-14-5-3-2-4-13(14)20-16(21)10-22/h2-8,22H,9-10H2,1H3,(H,19,23). The van der Waals surface area contributed by atoms with Gasteiger partial charge in [-0.1, -0.05) is 23.7 Å². The van der Waals surface area contributed by atoms with E-state index in [0.29, 0.717) is 22.3 Å². The number of aromatic nitrogens is 2. The van der Waals surface area contributed by atoms with E-state index in [9.17, 15) is 9.90 Å². The van der Waals surface area contributed by atoms with Crippen LogP contribution in [0.15, 0.2) is 42.5 Å². The molecule has 2 aromatic carbocycles. The largest absolute Gasteiger partial charge is 0.495 e. The van der Waals surface area contributed by atoms with E-state index in [1.165, 1.54) is 7.11 Å². The van der Waals surface area contributed by atoms with Crippen molar-refractivity contribution in [2.24, 2.45) is 0 Å². The second kappa shape index (κ2) is 6.90. The number of carbonyl (C=O) groups excluding carboxylic acids is 1. The average Bonchev–Trinajstić information content (AvgIpc) is 2.93. The summed E-state index contributed by atoms with van der Waals surface area (Å²) in [5.41, 5.74) is 2.10. The molecule has 6 nitrogen and oxygen atoms in total. The molecule has 0 saturated heterocycles. The Hall–Kier alpha value is -2.57. The SMILES string of the molecule is COc1ccc(NC(=O)Cn2c(CO)nc3ccccc32)cc1Cl. The van der Waals surface area contributed by atoms with Gasteiger partial charge in [0, 0.05) is 5.69 Å². The van der Waals surface area contributed by atoms with E-state index >= 15 is 0 Å². The highest BCUT2D eigenvalue weighted by Crippen LogP contribution is 2.27. The molecule has 1 amide bonds. The van der Waals surface area contributed by atoms with Crippen molar-refractivity contribution in [3.8, 4) is 5.75 Å². The minimum atomic E-state index is -0.242. The molecular formula is C17H16ClN3O3. The first-order valence-electron chi connectivity index (χ1n) is 7.30. The summed E-state index contributed by atoms with van der Waals surface area (Å²) in [4.78, 5) is 16.7. The van der Waals surface area contributed by atoms with Gasteiger partial charge in [-0.05, 0) is 30.3 Å². The Bertz CT molecular complexity index is 892. The Morgan fingerprint density at radius 2 is 2.12 bits per heavy atom. The number of carbonyl (C=O) groups is 1. The number of methoxy groups -OCH3 is 1. The van der Waals surface area contributed by atoms with Crippen LogP contribution >= 0.6 is 11.6 Å². The number of anilines is 1. The number of imidazole rings is 1. The maximum absolute atomic E-state index is 12.3. The van der Waals surface area contributed by atoms with Gasteiger partial charge >= 0.3 is 0 Å². The zero-order valence-corrected chi connectivity index (χ0v) is 13.7. The second-order valence-electron chi connectivity index (χ2n) is 5.16. The van der Waals surface area contributed by atoms with E-state index < -0.39 is 0 Å². The third-order valence-corrected chi connectivity index (χ3v) is 3.91. The molecule has 0 fully saturated rings. The lowest BCUT2D eigenvalue weighted by Gasteiger charge is -2.10. The molecule has 0 aliphatic rings. The van der Waals surface area contributed by atoms with Crippen molar-refractivity contribution in [2.75, 3.05) is 12.4 Å². The molecule has 0 atom stereocenters. The molecule has 3 rings (SSSR count). The Morgan fingerprint density at radius 1 is 1.33 bits per heavy atom. The van der Waals surface area contributed by atoms with Crippen LogP contribution in [0.25, 0.3) is 11.0 Å². The number of hydrogen-bond donors (Lipinski definition) is 2. The minimum absolute atomic E-state index is 0.0417. The van der Waals surface area contributed by atoms with Crippen LogP contribution in [-0.4, -0.2) is 27.7 Å².